The number of nitrogens with one attached hydrogen (secondary N) is 1. The number of ether oxygens (including phenoxy) is 1. The Morgan fingerprint density at radius 1 is 1.07 bits per heavy atom. The van der Waals surface area contributed by atoms with Crippen LogP contribution < -0.4 is 15.0 Å². The van der Waals surface area contributed by atoms with Crippen molar-refractivity contribution < 1.29 is 14.3 Å². The zero-order chi connectivity index (χ0) is 20.4. The van der Waals surface area contributed by atoms with E-state index in [1.807, 2.05) is 67.6 Å². The lowest BCUT2D eigenvalue weighted by Crippen LogP contribution is -2.30. The molecule has 0 saturated heterocycles. The largest absolute Gasteiger partial charge is 0.497 e. The van der Waals surface area contributed by atoms with Crippen molar-refractivity contribution in [3.05, 3.63) is 71.8 Å². The molecule has 1 atom stereocenters. The minimum atomic E-state index is -0.0835. The van der Waals surface area contributed by atoms with Gasteiger partial charge < -0.3 is 15.0 Å². The molecule has 29 heavy (non-hydrogen) atoms. The van der Waals surface area contributed by atoms with Crippen LogP contribution in [0.2, 0.25) is 0 Å². The standard InChI is InChI=1S/C24H24N2O3/c1-16(17-11-13-19(29-2)14-12-17)25-22(27)10-5-15-26-21-9-4-7-18-6-3-8-20(23(18)21)24(26)28/h3-4,6-9,11-14,16H,5,10,15H2,1-2H3,(H,25,27)/t16-/m0/s1. The summed E-state index contributed by atoms with van der Waals surface area (Å²) in [5.74, 6) is 0.790. The van der Waals surface area contributed by atoms with E-state index >= 15 is 0 Å². The lowest BCUT2D eigenvalue weighted by molar-refractivity contribution is -0.121. The van der Waals surface area contributed by atoms with Gasteiger partial charge >= 0.3 is 0 Å². The van der Waals surface area contributed by atoms with Crippen LogP contribution in [0.25, 0.3) is 10.8 Å². The third-order valence-electron chi connectivity index (χ3n) is 5.43. The number of carbonyl (C=O) groups is 2. The van der Waals surface area contributed by atoms with Crippen molar-refractivity contribution in [3.63, 3.8) is 0 Å². The van der Waals surface area contributed by atoms with E-state index < -0.39 is 0 Å². The van der Waals surface area contributed by atoms with Gasteiger partial charge in [-0.05, 0) is 48.6 Å². The molecule has 3 aromatic carbocycles. The highest BCUT2D eigenvalue weighted by molar-refractivity contribution is 6.25. The fraction of sp³-hybridized carbons (Fsp3) is 0.250. The third-order valence-corrected chi connectivity index (χ3v) is 5.43. The maximum atomic E-state index is 12.8. The fourth-order valence-electron chi connectivity index (χ4n) is 3.89. The van der Waals surface area contributed by atoms with Gasteiger partial charge in [0.15, 0.2) is 0 Å². The number of carbonyl (C=O) groups excluding carboxylic acids is 2. The first kappa shape index (κ1) is 19.0. The highest BCUT2D eigenvalue weighted by Crippen LogP contribution is 2.37. The molecule has 5 nitrogen and oxygen atoms in total. The summed E-state index contributed by atoms with van der Waals surface area (Å²) < 4.78 is 5.17. The molecule has 148 valence electrons. The summed E-state index contributed by atoms with van der Waals surface area (Å²) in [5.41, 5.74) is 2.71. The minimum absolute atomic E-state index is 0.0174. The highest BCUT2D eigenvalue weighted by Gasteiger charge is 2.29. The maximum absolute atomic E-state index is 12.8. The van der Waals surface area contributed by atoms with E-state index in [4.69, 9.17) is 4.74 Å². The van der Waals surface area contributed by atoms with Crippen LogP contribution in [0.15, 0.2) is 60.7 Å². The van der Waals surface area contributed by atoms with Gasteiger partial charge in [-0.15, -0.1) is 0 Å². The zero-order valence-electron chi connectivity index (χ0n) is 16.6. The molecule has 0 aromatic heterocycles. The molecule has 5 heteroatoms. The Kier molecular flexibility index (Phi) is 5.21. The lowest BCUT2D eigenvalue weighted by atomic mass is 10.1. The Balaban J connectivity index is 1.34. The quantitative estimate of drug-likeness (QED) is 0.650. The van der Waals surface area contributed by atoms with Gasteiger partial charge in [0.1, 0.15) is 5.75 Å². The van der Waals surface area contributed by atoms with Crippen LogP contribution in [-0.2, 0) is 4.79 Å². The summed E-state index contributed by atoms with van der Waals surface area (Å²) in [6.45, 7) is 2.48. The van der Waals surface area contributed by atoms with Gasteiger partial charge in [-0.2, -0.15) is 0 Å². The fourth-order valence-corrected chi connectivity index (χ4v) is 3.89. The van der Waals surface area contributed by atoms with E-state index in [2.05, 4.69) is 5.32 Å². The first-order valence-electron chi connectivity index (χ1n) is 9.85. The van der Waals surface area contributed by atoms with Crippen molar-refractivity contribution in [2.75, 3.05) is 18.6 Å². The average Bonchev–Trinajstić information content (AvgIpc) is 3.02. The van der Waals surface area contributed by atoms with Crippen molar-refractivity contribution in [1.82, 2.24) is 5.32 Å². The summed E-state index contributed by atoms with van der Waals surface area (Å²) in [4.78, 5) is 26.9. The first-order chi connectivity index (χ1) is 14.1. The van der Waals surface area contributed by atoms with Crippen molar-refractivity contribution in [2.24, 2.45) is 0 Å². The van der Waals surface area contributed by atoms with Gasteiger partial charge in [-0.1, -0.05) is 36.4 Å². The maximum Gasteiger partial charge on any atom is 0.258 e. The van der Waals surface area contributed by atoms with Gasteiger partial charge in [0.2, 0.25) is 5.91 Å². The molecular weight excluding hydrogens is 364 g/mol. The number of benzene rings is 3. The Labute approximate surface area is 170 Å². The Bertz CT molecular complexity index is 1050. The summed E-state index contributed by atoms with van der Waals surface area (Å²) in [6, 6.07) is 19.4. The van der Waals surface area contributed by atoms with E-state index in [1.165, 1.54) is 0 Å². The first-order valence-corrected chi connectivity index (χ1v) is 9.85. The normalized spacial score (nSPS) is 13.6. The van der Waals surface area contributed by atoms with Gasteiger partial charge in [0.25, 0.3) is 5.91 Å². The molecule has 3 aromatic rings. The molecule has 1 heterocycles. The molecule has 1 aliphatic rings. The van der Waals surface area contributed by atoms with E-state index in [0.29, 0.717) is 19.4 Å². The SMILES string of the molecule is COc1ccc([C@H](C)NC(=O)CCCN2C(=O)c3cccc4cccc2c34)cc1. The summed E-state index contributed by atoms with van der Waals surface area (Å²) in [6.07, 6.45) is 0.980. The van der Waals surface area contributed by atoms with Gasteiger partial charge in [0, 0.05) is 23.9 Å². The predicted molar refractivity (Wildman–Crippen MR) is 114 cm³/mol. The smallest absolute Gasteiger partial charge is 0.258 e. The predicted octanol–water partition coefficient (Wildman–Crippen LogP) is 4.47. The molecule has 0 aliphatic carbocycles. The number of amides is 2. The van der Waals surface area contributed by atoms with Crippen LogP contribution in [0.5, 0.6) is 5.75 Å². The van der Waals surface area contributed by atoms with Crippen molar-refractivity contribution in [3.8, 4) is 5.75 Å². The Morgan fingerprint density at radius 2 is 1.79 bits per heavy atom. The van der Waals surface area contributed by atoms with E-state index in [1.54, 1.807) is 12.0 Å². The molecule has 0 spiro atoms. The molecule has 2 amide bonds. The lowest BCUT2D eigenvalue weighted by Gasteiger charge is -2.18. The molecule has 4 rings (SSSR count). The molecule has 0 bridgehead atoms. The number of rotatable bonds is 7. The van der Waals surface area contributed by atoms with Gasteiger partial charge in [-0.25, -0.2) is 0 Å². The number of methoxy groups -OCH3 is 1. The van der Waals surface area contributed by atoms with Crippen LogP contribution in [0.1, 0.15) is 41.7 Å². The van der Waals surface area contributed by atoms with Crippen molar-refractivity contribution in [1.29, 1.82) is 0 Å². The number of hydrogen-bond donors (Lipinski definition) is 1. The number of anilines is 1. The molecule has 0 unspecified atom stereocenters. The van der Waals surface area contributed by atoms with E-state index in [9.17, 15) is 9.59 Å². The molecule has 1 aliphatic heterocycles. The van der Waals surface area contributed by atoms with Gasteiger partial charge in [0.05, 0.1) is 18.8 Å². The highest BCUT2D eigenvalue weighted by atomic mass is 16.5. The Morgan fingerprint density at radius 3 is 2.52 bits per heavy atom. The zero-order valence-corrected chi connectivity index (χ0v) is 16.6. The second-order valence-corrected chi connectivity index (χ2v) is 7.30. The number of hydrogen-bond acceptors (Lipinski definition) is 3. The molecule has 1 N–H and O–H groups in total. The second kappa shape index (κ2) is 7.95. The van der Waals surface area contributed by atoms with Crippen molar-refractivity contribution in [2.45, 2.75) is 25.8 Å². The summed E-state index contributed by atoms with van der Waals surface area (Å²) >= 11 is 0. The molecular formula is C24H24N2O3. The molecule has 0 radical (unpaired) electrons. The van der Waals surface area contributed by atoms with Gasteiger partial charge in [-0.3, -0.25) is 9.59 Å². The monoisotopic (exact) mass is 388 g/mol. The van der Waals surface area contributed by atoms with Crippen LogP contribution in [0.3, 0.4) is 0 Å². The van der Waals surface area contributed by atoms with E-state index in [-0.39, 0.29) is 17.9 Å². The van der Waals surface area contributed by atoms with Crippen LogP contribution in [-0.4, -0.2) is 25.5 Å². The van der Waals surface area contributed by atoms with Crippen LogP contribution >= 0.6 is 0 Å². The average molecular weight is 388 g/mol. The third kappa shape index (κ3) is 3.68. The molecule has 0 saturated carbocycles. The minimum Gasteiger partial charge on any atom is -0.497 e. The topological polar surface area (TPSA) is 58.6 Å². The molecule has 0 fully saturated rings. The number of nitrogens with zero attached hydrogens (tertiary/aromatic N) is 1. The second-order valence-electron chi connectivity index (χ2n) is 7.30. The van der Waals surface area contributed by atoms with Crippen LogP contribution in [0.4, 0.5) is 5.69 Å². The van der Waals surface area contributed by atoms with Crippen LogP contribution in [0, 0.1) is 0 Å². The summed E-state index contributed by atoms with van der Waals surface area (Å²) in [5, 5.41) is 5.11. The Hall–Kier alpha value is -3.34. The van der Waals surface area contributed by atoms with E-state index in [0.717, 1.165) is 33.3 Å². The van der Waals surface area contributed by atoms with Crippen molar-refractivity contribution >= 4 is 28.3 Å². The summed E-state index contributed by atoms with van der Waals surface area (Å²) in [7, 11) is 1.63.